The molecule has 0 aliphatic carbocycles. The number of hydrogen-bond acceptors (Lipinski definition) is 2. The molecule has 0 fully saturated rings. The van der Waals surface area contributed by atoms with Crippen LogP contribution in [0.3, 0.4) is 0 Å². The van der Waals surface area contributed by atoms with E-state index >= 15 is 0 Å². The maximum absolute atomic E-state index is 3.94. The maximum Gasteiger partial charge on any atom is 0.0407 e. The van der Waals surface area contributed by atoms with E-state index < -0.39 is 0 Å². The summed E-state index contributed by atoms with van der Waals surface area (Å²) in [6, 6.07) is 0. The lowest BCUT2D eigenvalue weighted by Gasteiger charge is -2.11. The van der Waals surface area contributed by atoms with Gasteiger partial charge in [0, 0.05) is 24.1 Å². The molecule has 0 aromatic rings. The van der Waals surface area contributed by atoms with Gasteiger partial charge in [0.1, 0.15) is 0 Å². The Labute approximate surface area is 99.1 Å². The van der Waals surface area contributed by atoms with Crippen molar-refractivity contribution in [2.75, 3.05) is 7.05 Å². The van der Waals surface area contributed by atoms with E-state index in [-0.39, 0.29) is 0 Å². The van der Waals surface area contributed by atoms with E-state index in [9.17, 15) is 0 Å². The van der Waals surface area contributed by atoms with Crippen molar-refractivity contribution >= 4 is 0 Å². The molecule has 0 aliphatic rings. The van der Waals surface area contributed by atoms with Gasteiger partial charge < -0.3 is 10.6 Å². The van der Waals surface area contributed by atoms with E-state index in [0.29, 0.717) is 0 Å². The second kappa shape index (κ2) is 7.57. The van der Waals surface area contributed by atoms with Crippen LogP contribution in [0.15, 0.2) is 60.1 Å². The summed E-state index contributed by atoms with van der Waals surface area (Å²) in [6.07, 6.45) is 7.88. The van der Waals surface area contributed by atoms with Crippen LogP contribution in [0.1, 0.15) is 20.8 Å². The van der Waals surface area contributed by atoms with Gasteiger partial charge in [-0.1, -0.05) is 25.3 Å². The summed E-state index contributed by atoms with van der Waals surface area (Å²) in [5, 5.41) is 6.26. The molecule has 0 amide bonds. The predicted molar refractivity (Wildman–Crippen MR) is 72.8 cm³/mol. The number of nitrogens with one attached hydrogen (secondary N) is 2. The van der Waals surface area contributed by atoms with Gasteiger partial charge in [-0.3, -0.25) is 0 Å². The molecule has 0 saturated heterocycles. The molecule has 2 nitrogen and oxygen atoms in total. The van der Waals surface area contributed by atoms with Crippen molar-refractivity contribution in [2.45, 2.75) is 20.8 Å². The molecule has 2 N–H and O–H groups in total. The normalized spacial score (nSPS) is 12.8. The molecule has 0 heterocycles. The second-order valence-electron chi connectivity index (χ2n) is 3.61. The van der Waals surface area contributed by atoms with Crippen molar-refractivity contribution in [3.63, 3.8) is 0 Å². The lowest BCUT2D eigenvalue weighted by atomic mass is 10.2. The first-order chi connectivity index (χ1) is 7.51. The minimum Gasteiger partial charge on any atom is -0.392 e. The highest BCUT2D eigenvalue weighted by atomic mass is 14.9. The monoisotopic (exact) mass is 218 g/mol. The molecule has 0 unspecified atom stereocenters. The topological polar surface area (TPSA) is 24.1 Å². The van der Waals surface area contributed by atoms with Crippen LogP contribution in [-0.4, -0.2) is 7.05 Å². The summed E-state index contributed by atoms with van der Waals surface area (Å²) in [7, 11) is 1.88. The molecule has 2 heteroatoms. The molecule has 0 rings (SSSR count). The quantitative estimate of drug-likeness (QED) is 0.669. The smallest absolute Gasteiger partial charge is 0.0407 e. The third kappa shape index (κ3) is 5.91. The fraction of sp³-hybridized carbons (Fsp3) is 0.286. The van der Waals surface area contributed by atoms with Gasteiger partial charge in [-0.25, -0.2) is 0 Å². The first kappa shape index (κ1) is 14.3. The number of allylic oxidation sites excluding steroid dienone is 6. The molecule has 0 aromatic heterocycles. The van der Waals surface area contributed by atoms with Gasteiger partial charge in [-0.2, -0.15) is 0 Å². The average Bonchev–Trinajstić information content (AvgIpc) is 2.23. The van der Waals surface area contributed by atoms with Crippen LogP contribution in [0, 0.1) is 0 Å². The zero-order chi connectivity index (χ0) is 12.6. The minimum atomic E-state index is 0.839. The van der Waals surface area contributed by atoms with E-state index in [4.69, 9.17) is 0 Å². The highest BCUT2D eigenvalue weighted by Crippen LogP contribution is 2.06. The van der Waals surface area contributed by atoms with Crippen LogP contribution in [-0.2, 0) is 0 Å². The van der Waals surface area contributed by atoms with Crippen LogP contribution in [0.25, 0.3) is 0 Å². The lowest BCUT2D eigenvalue weighted by molar-refractivity contribution is 0.959. The van der Waals surface area contributed by atoms with Crippen LogP contribution < -0.4 is 10.6 Å². The molecule has 0 aromatic carbocycles. The van der Waals surface area contributed by atoms with Gasteiger partial charge in [0.2, 0.25) is 0 Å². The van der Waals surface area contributed by atoms with Crippen molar-refractivity contribution in [2.24, 2.45) is 0 Å². The first-order valence-electron chi connectivity index (χ1n) is 5.32. The Hall–Kier alpha value is -1.70. The Morgan fingerprint density at radius 2 is 1.81 bits per heavy atom. The Morgan fingerprint density at radius 1 is 1.19 bits per heavy atom. The molecule has 0 atom stereocenters. The fourth-order valence-electron chi connectivity index (χ4n) is 1.03. The van der Waals surface area contributed by atoms with Crippen molar-refractivity contribution < 1.29 is 0 Å². The van der Waals surface area contributed by atoms with Gasteiger partial charge in [-0.05, 0) is 38.5 Å². The van der Waals surface area contributed by atoms with Crippen LogP contribution >= 0.6 is 0 Å². The second-order valence-corrected chi connectivity index (χ2v) is 3.61. The summed E-state index contributed by atoms with van der Waals surface area (Å²) in [5.74, 6) is 0. The average molecular weight is 218 g/mol. The molecule has 16 heavy (non-hydrogen) atoms. The zero-order valence-corrected chi connectivity index (χ0v) is 10.7. The molecular weight excluding hydrogens is 196 g/mol. The Morgan fingerprint density at radius 3 is 2.25 bits per heavy atom. The molecule has 0 bridgehead atoms. The minimum absolute atomic E-state index is 0.839. The van der Waals surface area contributed by atoms with Crippen molar-refractivity contribution in [1.82, 2.24) is 10.6 Å². The lowest BCUT2D eigenvalue weighted by Crippen LogP contribution is -2.13. The van der Waals surface area contributed by atoms with Crippen LogP contribution in [0.5, 0.6) is 0 Å². The van der Waals surface area contributed by atoms with Crippen molar-refractivity contribution in [1.29, 1.82) is 0 Å². The molecule has 0 spiro atoms. The third-order valence-electron chi connectivity index (χ3n) is 2.00. The Balaban J connectivity index is 4.66. The summed E-state index contributed by atoms with van der Waals surface area (Å²) in [4.78, 5) is 0. The molecule has 0 aliphatic heterocycles. The van der Waals surface area contributed by atoms with Gasteiger partial charge >= 0.3 is 0 Å². The Kier molecular flexibility index (Phi) is 6.77. The van der Waals surface area contributed by atoms with Gasteiger partial charge in [0.25, 0.3) is 0 Å². The highest BCUT2D eigenvalue weighted by Gasteiger charge is 1.97. The van der Waals surface area contributed by atoms with Gasteiger partial charge in [0.05, 0.1) is 0 Å². The van der Waals surface area contributed by atoms with Crippen LogP contribution in [0.2, 0.25) is 0 Å². The highest BCUT2D eigenvalue weighted by molar-refractivity contribution is 5.33. The predicted octanol–water partition coefficient (Wildman–Crippen LogP) is 3.25. The summed E-state index contributed by atoms with van der Waals surface area (Å²) in [5.41, 5.74) is 3.85. The van der Waals surface area contributed by atoms with E-state index in [1.165, 1.54) is 0 Å². The SMILES string of the molecule is C=C(/C=C(\C)NC)N/C(=C/C=C\C)C(=C)C. The van der Waals surface area contributed by atoms with E-state index in [2.05, 4.69) is 23.8 Å². The summed E-state index contributed by atoms with van der Waals surface area (Å²) < 4.78 is 0. The van der Waals surface area contributed by atoms with Crippen LogP contribution in [0.4, 0.5) is 0 Å². The molecular formula is C14H22N2. The number of rotatable bonds is 6. The third-order valence-corrected chi connectivity index (χ3v) is 2.00. The van der Waals surface area contributed by atoms with E-state index in [1.807, 2.05) is 52.1 Å². The Bertz CT molecular complexity index is 344. The van der Waals surface area contributed by atoms with E-state index in [1.54, 1.807) is 0 Å². The van der Waals surface area contributed by atoms with Gasteiger partial charge in [-0.15, -0.1) is 0 Å². The van der Waals surface area contributed by atoms with Crippen molar-refractivity contribution in [3.8, 4) is 0 Å². The standard InChI is InChI=1S/C14H22N2/c1-7-8-9-14(11(2)3)16-13(5)10-12(4)15-6/h7-10,15-16H,2,5H2,1,3-4,6H3/b8-7-,12-10+,14-9+. The molecule has 0 saturated carbocycles. The largest absolute Gasteiger partial charge is 0.392 e. The molecule has 0 radical (unpaired) electrons. The van der Waals surface area contributed by atoms with Crippen molar-refractivity contribution in [3.05, 3.63) is 60.1 Å². The number of hydrogen-bond donors (Lipinski definition) is 2. The maximum atomic E-state index is 3.94. The summed E-state index contributed by atoms with van der Waals surface area (Å²) in [6.45, 7) is 13.8. The first-order valence-corrected chi connectivity index (χ1v) is 5.32. The molecule has 88 valence electrons. The zero-order valence-electron chi connectivity index (χ0n) is 10.7. The summed E-state index contributed by atoms with van der Waals surface area (Å²) >= 11 is 0. The fourth-order valence-corrected chi connectivity index (χ4v) is 1.03. The van der Waals surface area contributed by atoms with Gasteiger partial charge in [0.15, 0.2) is 0 Å². The van der Waals surface area contributed by atoms with E-state index in [0.717, 1.165) is 22.7 Å².